The Bertz CT molecular complexity index is 567. The van der Waals surface area contributed by atoms with Crippen LogP contribution in [0.5, 0.6) is 0 Å². The fourth-order valence-corrected chi connectivity index (χ4v) is 3.46. The summed E-state index contributed by atoms with van der Waals surface area (Å²) in [6.07, 6.45) is 4.32. The average Bonchev–Trinajstić information content (AvgIpc) is 2.72. The minimum atomic E-state index is -0.921. The minimum Gasteiger partial charge on any atom is -0.388 e. The van der Waals surface area contributed by atoms with Crippen molar-refractivity contribution in [1.82, 2.24) is 4.90 Å². The smallest absolute Gasteiger partial charge is 0.332 e. The Morgan fingerprint density at radius 3 is 2.41 bits per heavy atom. The number of anilines is 1. The summed E-state index contributed by atoms with van der Waals surface area (Å²) < 4.78 is 0. The van der Waals surface area contributed by atoms with Crippen molar-refractivity contribution in [3.63, 3.8) is 0 Å². The number of nitrogens with zero attached hydrogens (tertiary/aromatic N) is 2. The van der Waals surface area contributed by atoms with E-state index in [-0.39, 0.29) is 18.5 Å². The summed E-state index contributed by atoms with van der Waals surface area (Å²) in [7, 11) is 0. The average molecular weight is 302 g/mol. The van der Waals surface area contributed by atoms with Crippen molar-refractivity contribution in [3.8, 4) is 0 Å². The van der Waals surface area contributed by atoms with E-state index in [1.807, 2.05) is 30.3 Å². The van der Waals surface area contributed by atoms with E-state index < -0.39 is 11.6 Å². The molecule has 3 rings (SSSR count). The first-order chi connectivity index (χ1) is 10.5. The van der Waals surface area contributed by atoms with Crippen molar-refractivity contribution in [2.75, 3.05) is 11.4 Å². The largest absolute Gasteiger partial charge is 0.388 e. The highest BCUT2D eigenvalue weighted by Crippen LogP contribution is 2.32. The van der Waals surface area contributed by atoms with E-state index in [9.17, 15) is 14.7 Å². The van der Waals surface area contributed by atoms with E-state index in [2.05, 4.69) is 0 Å². The maximum Gasteiger partial charge on any atom is 0.332 e. The quantitative estimate of drug-likeness (QED) is 0.873. The van der Waals surface area contributed by atoms with Crippen LogP contribution in [0.1, 0.15) is 39.0 Å². The van der Waals surface area contributed by atoms with Crippen LogP contribution in [0.2, 0.25) is 0 Å². The van der Waals surface area contributed by atoms with Gasteiger partial charge in [0.15, 0.2) is 0 Å². The van der Waals surface area contributed by atoms with Crippen molar-refractivity contribution >= 4 is 17.6 Å². The molecule has 1 aromatic rings. The van der Waals surface area contributed by atoms with Crippen molar-refractivity contribution < 1.29 is 14.7 Å². The van der Waals surface area contributed by atoms with Crippen LogP contribution >= 0.6 is 0 Å². The Balaban J connectivity index is 1.81. The number of imide groups is 1. The molecule has 1 aromatic carbocycles. The van der Waals surface area contributed by atoms with Crippen molar-refractivity contribution in [2.24, 2.45) is 0 Å². The molecular formula is C17H22N2O3. The van der Waals surface area contributed by atoms with Gasteiger partial charge in [-0.2, -0.15) is 0 Å². The van der Waals surface area contributed by atoms with E-state index in [4.69, 9.17) is 0 Å². The SMILES string of the molecule is CC1C(=O)N(CC2(O)CCCCC2)C(=O)N1c1ccccc1. The Morgan fingerprint density at radius 1 is 1.14 bits per heavy atom. The lowest BCUT2D eigenvalue weighted by molar-refractivity contribution is -0.130. The highest BCUT2D eigenvalue weighted by Gasteiger charge is 2.46. The number of aliphatic hydroxyl groups is 1. The lowest BCUT2D eigenvalue weighted by atomic mass is 9.84. The van der Waals surface area contributed by atoms with Crippen LogP contribution in [0.25, 0.3) is 0 Å². The summed E-state index contributed by atoms with van der Waals surface area (Å²) in [6.45, 7) is 1.84. The minimum absolute atomic E-state index is 0.109. The van der Waals surface area contributed by atoms with E-state index in [0.717, 1.165) is 19.3 Å². The van der Waals surface area contributed by atoms with Crippen LogP contribution in [0, 0.1) is 0 Å². The molecule has 2 aliphatic rings. The molecule has 118 valence electrons. The molecule has 1 unspecified atom stereocenters. The number of para-hydroxylation sites is 1. The summed E-state index contributed by atoms with van der Waals surface area (Å²) in [4.78, 5) is 27.9. The highest BCUT2D eigenvalue weighted by molar-refractivity contribution is 6.14. The van der Waals surface area contributed by atoms with Crippen molar-refractivity contribution in [3.05, 3.63) is 30.3 Å². The zero-order valence-electron chi connectivity index (χ0n) is 12.9. The van der Waals surface area contributed by atoms with Crippen molar-refractivity contribution in [1.29, 1.82) is 0 Å². The number of hydrogen-bond donors (Lipinski definition) is 1. The molecule has 1 saturated heterocycles. The molecule has 3 amide bonds. The third-order valence-corrected chi connectivity index (χ3v) is 4.72. The Hall–Kier alpha value is -1.88. The first kappa shape index (κ1) is 15.0. The van der Waals surface area contributed by atoms with Crippen LogP contribution in [-0.2, 0) is 4.79 Å². The molecule has 5 heteroatoms. The van der Waals surface area contributed by atoms with Gasteiger partial charge in [0, 0.05) is 5.69 Å². The Labute approximate surface area is 130 Å². The lowest BCUT2D eigenvalue weighted by Gasteiger charge is -2.34. The maximum absolute atomic E-state index is 12.7. The normalized spacial score (nSPS) is 24.9. The summed E-state index contributed by atoms with van der Waals surface area (Å²) in [6, 6.07) is 8.35. The number of amides is 3. The third-order valence-electron chi connectivity index (χ3n) is 4.72. The van der Waals surface area contributed by atoms with Gasteiger partial charge < -0.3 is 5.11 Å². The molecular weight excluding hydrogens is 280 g/mol. The molecule has 0 spiro atoms. The van der Waals surface area contributed by atoms with Crippen LogP contribution in [-0.4, -0.2) is 40.1 Å². The monoisotopic (exact) mass is 302 g/mol. The zero-order valence-corrected chi connectivity index (χ0v) is 12.9. The van der Waals surface area contributed by atoms with Gasteiger partial charge in [-0.25, -0.2) is 4.79 Å². The van der Waals surface area contributed by atoms with Gasteiger partial charge in [-0.3, -0.25) is 14.6 Å². The Kier molecular flexibility index (Phi) is 3.91. The molecule has 1 N–H and O–H groups in total. The van der Waals surface area contributed by atoms with Gasteiger partial charge in [-0.05, 0) is 31.9 Å². The first-order valence-corrected chi connectivity index (χ1v) is 7.94. The van der Waals surface area contributed by atoms with Gasteiger partial charge >= 0.3 is 6.03 Å². The van der Waals surface area contributed by atoms with Crippen molar-refractivity contribution in [2.45, 2.75) is 50.7 Å². The Morgan fingerprint density at radius 2 is 1.77 bits per heavy atom. The van der Waals surface area contributed by atoms with E-state index >= 15 is 0 Å². The molecule has 1 heterocycles. The number of carbonyl (C=O) groups excluding carboxylic acids is 2. The predicted octanol–water partition coefficient (Wildman–Crippen LogP) is 2.54. The second-order valence-corrected chi connectivity index (χ2v) is 6.37. The number of urea groups is 1. The van der Waals surface area contributed by atoms with Crippen LogP contribution in [0.3, 0.4) is 0 Å². The van der Waals surface area contributed by atoms with E-state index in [1.165, 1.54) is 9.80 Å². The standard InChI is InChI=1S/C17H22N2O3/c1-13-15(20)18(12-17(22)10-6-3-7-11-17)16(21)19(13)14-8-4-2-5-9-14/h2,4-5,8-9,13,22H,3,6-7,10-12H2,1H3. The molecule has 1 aliphatic heterocycles. The number of carbonyl (C=O) groups is 2. The lowest BCUT2D eigenvalue weighted by Crippen LogP contribution is -2.47. The first-order valence-electron chi connectivity index (χ1n) is 7.94. The number of β-amino-alcohol motifs (C(OH)–C–C–N with tert-alkyl or cyclic N) is 1. The van der Waals surface area contributed by atoms with Gasteiger partial charge in [0.05, 0.1) is 12.1 Å². The summed E-state index contributed by atoms with van der Waals surface area (Å²) in [5.41, 5.74) is -0.206. The molecule has 0 aromatic heterocycles. The molecule has 1 atom stereocenters. The zero-order chi connectivity index (χ0) is 15.7. The molecule has 1 saturated carbocycles. The molecule has 1 aliphatic carbocycles. The molecule has 5 nitrogen and oxygen atoms in total. The number of benzene rings is 1. The summed E-state index contributed by atoms with van der Waals surface area (Å²) in [5, 5.41) is 10.6. The van der Waals surface area contributed by atoms with Gasteiger partial charge in [0.2, 0.25) is 0 Å². The van der Waals surface area contributed by atoms with Gasteiger partial charge in [0.1, 0.15) is 6.04 Å². The third kappa shape index (κ3) is 2.61. The number of rotatable bonds is 3. The van der Waals surface area contributed by atoms with Gasteiger partial charge in [-0.15, -0.1) is 0 Å². The maximum atomic E-state index is 12.7. The molecule has 22 heavy (non-hydrogen) atoms. The summed E-state index contributed by atoms with van der Waals surface area (Å²) in [5.74, 6) is -0.229. The van der Waals surface area contributed by atoms with Gasteiger partial charge in [0.25, 0.3) is 5.91 Å². The number of hydrogen-bond acceptors (Lipinski definition) is 3. The molecule has 0 radical (unpaired) electrons. The molecule has 2 fully saturated rings. The van der Waals surface area contributed by atoms with E-state index in [1.54, 1.807) is 6.92 Å². The van der Waals surface area contributed by atoms with E-state index in [0.29, 0.717) is 18.5 Å². The fraction of sp³-hybridized carbons (Fsp3) is 0.529. The molecule has 0 bridgehead atoms. The second-order valence-electron chi connectivity index (χ2n) is 6.37. The topological polar surface area (TPSA) is 60.9 Å². The highest BCUT2D eigenvalue weighted by atomic mass is 16.3. The summed E-state index contributed by atoms with van der Waals surface area (Å²) >= 11 is 0. The second kappa shape index (κ2) is 5.72. The fourth-order valence-electron chi connectivity index (χ4n) is 3.46. The predicted molar refractivity (Wildman–Crippen MR) is 83.5 cm³/mol. The van der Waals surface area contributed by atoms with Crippen LogP contribution in [0.4, 0.5) is 10.5 Å². The van der Waals surface area contributed by atoms with Gasteiger partial charge in [-0.1, -0.05) is 37.5 Å². The van der Waals surface area contributed by atoms with Crippen LogP contribution in [0.15, 0.2) is 30.3 Å². The van der Waals surface area contributed by atoms with Crippen LogP contribution < -0.4 is 4.90 Å².